The van der Waals surface area contributed by atoms with Crippen LogP contribution in [-0.4, -0.2) is 11.9 Å². The van der Waals surface area contributed by atoms with Crippen LogP contribution in [0.15, 0.2) is 16.6 Å². The van der Waals surface area contributed by atoms with Crippen LogP contribution in [-0.2, 0) is 4.79 Å². The maximum absolute atomic E-state index is 11.5. The van der Waals surface area contributed by atoms with Crippen molar-refractivity contribution in [3.05, 3.63) is 21.6 Å². The summed E-state index contributed by atoms with van der Waals surface area (Å²) in [5.74, 6) is -0.0197. The molecular weight excluding hydrogens is 279 g/mol. The van der Waals surface area contributed by atoms with Crippen molar-refractivity contribution in [2.24, 2.45) is 0 Å². The highest BCUT2D eigenvalue weighted by atomic mass is 79.9. The van der Waals surface area contributed by atoms with Crippen LogP contribution in [0.25, 0.3) is 0 Å². The molecule has 1 aromatic carbocycles. The Hall–Kier alpha value is -0.740. The molecule has 1 aliphatic heterocycles. The smallest absolute Gasteiger partial charge is 0.226 e. The molecule has 1 aliphatic rings. The van der Waals surface area contributed by atoms with E-state index in [1.54, 1.807) is 6.07 Å². The molecule has 0 saturated heterocycles. The van der Waals surface area contributed by atoms with Crippen LogP contribution in [0.1, 0.15) is 13.3 Å². The minimum atomic E-state index is -0.0197. The molecule has 1 unspecified atom stereocenters. The first-order valence-corrected chi connectivity index (χ1v) is 5.79. The second kappa shape index (κ2) is 4.02. The summed E-state index contributed by atoms with van der Waals surface area (Å²) >= 11 is 9.45. The Balaban J connectivity index is 2.54. The molecule has 3 nitrogen and oxygen atoms in total. The van der Waals surface area contributed by atoms with Crippen LogP contribution >= 0.6 is 27.5 Å². The molecule has 0 spiro atoms. The third kappa shape index (κ3) is 2.11. The minimum absolute atomic E-state index is 0.0197. The standard InChI is InChI=1S/C10H10BrClN2O/c1-5-4-8(15)14-10-7(12)3-2-6(11)9(10)13-5/h2-3,5,13H,4H2,1H3,(H,14,15). The van der Waals surface area contributed by atoms with Gasteiger partial charge in [0.05, 0.1) is 16.4 Å². The number of hydrogen-bond acceptors (Lipinski definition) is 2. The van der Waals surface area contributed by atoms with Crippen molar-refractivity contribution in [3.63, 3.8) is 0 Å². The fourth-order valence-electron chi connectivity index (χ4n) is 1.58. The molecule has 15 heavy (non-hydrogen) atoms. The van der Waals surface area contributed by atoms with Gasteiger partial charge in [0, 0.05) is 16.9 Å². The van der Waals surface area contributed by atoms with Crippen molar-refractivity contribution in [2.75, 3.05) is 10.6 Å². The van der Waals surface area contributed by atoms with Gasteiger partial charge in [-0.25, -0.2) is 0 Å². The number of carbonyl (C=O) groups excluding carboxylic acids is 1. The molecule has 80 valence electrons. The molecule has 1 amide bonds. The summed E-state index contributed by atoms with van der Waals surface area (Å²) in [5.41, 5.74) is 1.50. The van der Waals surface area contributed by atoms with Gasteiger partial charge in [0.2, 0.25) is 5.91 Å². The zero-order valence-electron chi connectivity index (χ0n) is 8.10. The number of anilines is 2. The van der Waals surface area contributed by atoms with E-state index in [0.29, 0.717) is 17.1 Å². The molecule has 0 radical (unpaired) electrons. The van der Waals surface area contributed by atoms with Gasteiger partial charge >= 0.3 is 0 Å². The van der Waals surface area contributed by atoms with Crippen molar-refractivity contribution in [1.29, 1.82) is 0 Å². The van der Waals surface area contributed by atoms with Crippen LogP contribution in [0, 0.1) is 0 Å². The lowest BCUT2D eigenvalue weighted by atomic mass is 10.2. The number of hydrogen-bond donors (Lipinski definition) is 2. The minimum Gasteiger partial charge on any atom is -0.379 e. The van der Waals surface area contributed by atoms with Crippen molar-refractivity contribution >= 4 is 44.8 Å². The van der Waals surface area contributed by atoms with E-state index in [9.17, 15) is 4.79 Å². The highest BCUT2D eigenvalue weighted by molar-refractivity contribution is 9.10. The van der Waals surface area contributed by atoms with Gasteiger partial charge in [0.1, 0.15) is 0 Å². The molecule has 2 N–H and O–H groups in total. The van der Waals surface area contributed by atoms with Crippen molar-refractivity contribution in [1.82, 2.24) is 0 Å². The van der Waals surface area contributed by atoms with Crippen LogP contribution < -0.4 is 10.6 Å². The van der Waals surface area contributed by atoms with Crippen LogP contribution in [0.3, 0.4) is 0 Å². The first kappa shape index (κ1) is 10.8. The zero-order chi connectivity index (χ0) is 11.0. The quantitative estimate of drug-likeness (QED) is 0.770. The third-order valence-corrected chi connectivity index (χ3v) is 3.23. The Labute approximate surface area is 101 Å². The lowest BCUT2D eigenvalue weighted by Crippen LogP contribution is -2.19. The van der Waals surface area contributed by atoms with Gasteiger partial charge in [-0.3, -0.25) is 4.79 Å². The third-order valence-electron chi connectivity index (χ3n) is 2.25. The van der Waals surface area contributed by atoms with E-state index in [4.69, 9.17) is 11.6 Å². The Morgan fingerprint density at radius 2 is 2.20 bits per heavy atom. The number of nitrogens with one attached hydrogen (secondary N) is 2. The monoisotopic (exact) mass is 288 g/mol. The number of carbonyl (C=O) groups is 1. The Morgan fingerprint density at radius 3 is 2.93 bits per heavy atom. The van der Waals surface area contributed by atoms with E-state index in [1.165, 1.54) is 0 Å². The SMILES string of the molecule is CC1CC(=O)Nc2c(Cl)ccc(Br)c2N1. The second-order valence-electron chi connectivity index (χ2n) is 3.58. The Kier molecular flexibility index (Phi) is 2.89. The number of benzene rings is 1. The second-order valence-corrected chi connectivity index (χ2v) is 4.84. The summed E-state index contributed by atoms with van der Waals surface area (Å²) in [6.07, 6.45) is 0.442. The van der Waals surface area contributed by atoms with Gasteiger partial charge in [-0.05, 0) is 35.0 Å². The summed E-state index contributed by atoms with van der Waals surface area (Å²) < 4.78 is 0.899. The Bertz CT molecular complexity index is 422. The largest absolute Gasteiger partial charge is 0.379 e. The summed E-state index contributed by atoms with van der Waals surface area (Å²) in [7, 11) is 0. The fraction of sp³-hybridized carbons (Fsp3) is 0.300. The predicted octanol–water partition coefficient (Wildman–Crippen LogP) is 3.25. The number of halogens is 2. The average molecular weight is 290 g/mol. The van der Waals surface area contributed by atoms with Gasteiger partial charge in [-0.2, -0.15) is 0 Å². The molecule has 2 rings (SSSR count). The van der Waals surface area contributed by atoms with Gasteiger partial charge in [0.25, 0.3) is 0 Å². The molecule has 0 bridgehead atoms. The van der Waals surface area contributed by atoms with E-state index >= 15 is 0 Å². The molecule has 5 heteroatoms. The summed E-state index contributed by atoms with van der Waals surface area (Å²) in [4.78, 5) is 11.5. The molecule has 1 aromatic rings. The van der Waals surface area contributed by atoms with Gasteiger partial charge in [-0.1, -0.05) is 11.6 Å². The average Bonchev–Trinajstić information content (AvgIpc) is 2.31. The lowest BCUT2D eigenvalue weighted by molar-refractivity contribution is -0.116. The number of fused-ring (bicyclic) bond motifs is 1. The zero-order valence-corrected chi connectivity index (χ0v) is 10.4. The normalized spacial score (nSPS) is 19.9. The van der Waals surface area contributed by atoms with Crippen molar-refractivity contribution in [2.45, 2.75) is 19.4 Å². The number of rotatable bonds is 0. The van der Waals surface area contributed by atoms with Crippen LogP contribution in [0.2, 0.25) is 5.02 Å². The highest BCUT2D eigenvalue weighted by Crippen LogP contribution is 2.38. The van der Waals surface area contributed by atoms with E-state index < -0.39 is 0 Å². The highest BCUT2D eigenvalue weighted by Gasteiger charge is 2.21. The van der Waals surface area contributed by atoms with E-state index in [2.05, 4.69) is 26.6 Å². The molecule has 0 aliphatic carbocycles. The first-order valence-electron chi connectivity index (χ1n) is 4.62. The van der Waals surface area contributed by atoms with Crippen molar-refractivity contribution in [3.8, 4) is 0 Å². The fourth-order valence-corrected chi connectivity index (χ4v) is 2.23. The van der Waals surface area contributed by atoms with Gasteiger partial charge in [-0.15, -0.1) is 0 Å². The van der Waals surface area contributed by atoms with Crippen molar-refractivity contribution < 1.29 is 4.79 Å². The Morgan fingerprint density at radius 1 is 1.47 bits per heavy atom. The first-order chi connectivity index (χ1) is 7.08. The van der Waals surface area contributed by atoms with Gasteiger partial charge < -0.3 is 10.6 Å². The predicted molar refractivity (Wildman–Crippen MR) is 65.5 cm³/mol. The molecule has 0 saturated carbocycles. The van der Waals surface area contributed by atoms with E-state index in [0.717, 1.165) is 10.2 Å². The molecule has 1 heterocycles. The summed E-state index contributed by atoms with van der Waals surface area (Å²) in [6, 6.07) is 3.71. The van der Waals surface area contributed by atoms with E-state index in [1.807, 2.05) is 13.0 Å². The topological polar surface area (TPSA) is 41.1 Å². The van der Waals surface area contributed by atoms with Crippen LogP contribution in [0.5, 0.6) is 0 Å². The lowest BCUT2D eigenvalue weighted by Gasteiger charge is -2.14. The maximum atomic E-state index is 11.5. The maximum Gasteiger partial charge on any atom is 0.226 e. The molecular formula is C10H10BrClN2O. The number of amides is 1. The summed E-state index contributed by atoms with van der Waals surface area (Å²) in [6.45, 7) is 1.96. The van der Waals surface area contributed by atoms with Gasteiger partial charge in [0.15, 0.2) is 0 Å². The molecule has 1 atom stereocenters. The molecule has 0 aromatic heterocycles. The summed E-state index contributed by atoms with van der Waals surface area (Å²) in [5, 5.41) is 6.59. The van der Waals surface area contributed by atoms with E-state index in [-0.39, 0.29) is 11.9 Å². The van der Waals surface area contributed by atoms with Crippen LogP contribution in [0.4, 0.5) is 11.4 Å². The molecule has 0 fully saturated rings.